The SMILES string of the molecule is O=S(=O)(Nc1ccc2c(c1)OCO2)c1c(Cl)sc(Cl)c1Br. The zero-order valence-corrected chi connectivity index (χ0v) is 14.8. The molecule has 1 aliphatic rings. The number of rotatable bonds is 3. The van der Waals surface area contributed by atoms with Crippen molar-refractivity contribution in [1.29, 1.82) is 0 Å². The Morgan fingerprint density at radius 2 is 1.90 bits per heavy atom. The summed E-state index contributed by atoms with van der Waals surface area (Å²) >= 11 is 15.9. The van der Waals surface area contributed by atoms with E-state index in [1.54, 1.807) is 12.1 Å². The van der Waals surface area contributed by atoms with Crippen LogP contribution in [0.15, 0.2) is 27.6 Å². The number of anilines is 1. The number of ether oxygens (including phenoxy) is 2. The van der Waals surface area contributed by atoms with Crippen LogP contribution in [0.4, 0.5) is 5.69 Å². The maximum Gasteiger partial charge on any atom is 0.265 e. The van der Waals surface area contributed by atoms with Crippen LogP contribution in [0.2, 0.25) is 8.67 Å². The lowest BCUT2D eigenvalue weighted by Gasteiger charge is -2.08. The van der Waals surface area contributed by atoms with E-state index in [1.807, 2.05) is 0 Å². The van der Waals surface area contributed by atoms with Crippen molar-refractivity contribution < 1.29 is 17.9 Å². The summed E-state index contributed by atoms with van der Waals surface area (Å²) in [5, 5.41) is 0. The average Bonchev–Trinajstić information content (AvgIpc) is 2.94. The monoisotopic (exact) mass is 429 g/mol. The quantitative estimate of drug-likeness (QED) is 0.786. The summed E-state index contributed by atoms with van der Waals surface area (Å²) in [4.78, 5) is -0.0863. The van der Waals surface area contributed by atoms with E-state index in [0.717, 1.165) is 11.3 Å². The first-order valence-electron chi connectivity index (χ1n) is 5.44. The average molecular weight is 431 g/mol. The van der Waals surface area contributed by atoms with Gasteiger partial charge in [0.25, 0.3) is 10.0 Å². The molecule has 21 heavy (non-hydrogen) atoms. The summed E-state index contributed by atoms with van der Waals surface area (Å²) in [5.74, 6) is 1.04. The summed E-state index contributed by atoms with van der Waals surface area (Å²) in [6.45, 7) is 0.114. The van der Waals surface area contributed by atoms with Crippen molar-refractivity contribution in [2.75, 3.05) is 11.5 Å². The Hall–Kier alpha value is -0.670. The molecule has 1 N–H and O–H groups in total. The highest BCUT2D eigenvalue weighted by molar-refractivity contribution is 9.10. The zero-order valence-electron chi connectivity index (χ0n) is 10.0. The fourth-order valence-electron chi connectivity index (χ4n) is 1.74. The summed E-state index contributed by atoms with van der Waals surface area (Å²) in [7, 11) is -3.87. The van der Waals surface area contributed by atoms with Crippen molar-refractivity contribution >= 4 is 66.2 Å². The first kappa shape index (κ1) is 15.2. The number of fused-ring (bicyclic) bond motifs is 1. The van der Waals surface area contributed by atoms with E-state index in [1.165, 1.54) is 6.07 Å². The van der Waals surface area contributed by atoms with Gasteiger partial charge in [-0.15, -0.1) is 11.3 Å². The van der Waals surface area contributed by atoms with Crippen LogP contribution in [0.1, 0.15) is 0 Å². The zero-order chi connectivity index (χ0) is 15.2. The number of nitrogens with one attached hydrogen (secondary N) is 1. The molecule has 3 rings (SSSR count). The van der Waals surface area contributed by atoms with Crippen molar-refractivity contribution in [3.63, 3.8) is 0 Å². The van der Waals surface area contributed by atoms with Crippen LogP contribution in [-0.4, -0.2) is 15.2 Å². The van der Waals surface area contributed by atoms with E-state index in [2.05, 4.69) is 20.7 Å². The molecule has 0 radical (unpaired) electrons. The number of hydrogen-bond donors (Lipinski definition) is 1. The topological polar surface area (TPSA) is 64.6 Å². The third kappa shape index (κ3) is 2.83. The summed E-state index contributed by atoms with van der Waals surface area (Å²) in [6, 6.07) is 4.73. The lowest BCUT2D eigenvalue weighted by Crippen LogP contribution is -2.13. The van der Waals surface area contributed by atoms with Crippen LogP contribution in [-0.2, 0) is 10.0 Å². The maximum atomic E-state index is 12.4. The second-order valence-electron chi connectivity index (χ2n) is 3.97. The van der Waals surface area contributed by atoms with Crippen molar-refractivity contribution in [3.05, 3.63) is 31.3 Å². The number of hydrogen-bond acceptors (Lipinski definition) is 5. The third-order valence-electron chi connectivity index (χ3n) is 2.62. The van der Waals surface area contributed by atoms with Gasteiger partial charge in [0, 0.05) is 6.07 Å². The molecule has 0 spiro atoms. The van der Waals surface area contributed by atoms with Crippen LogP contribution in [0.25, 0.3) is 0 Å². The Kier molecular flexibility index (Phi) is 4.00. The molecule has 2 heterocycles. The van der Waals surface area contributed by atoms with Gasteiger partial charge in [0.2, 0.25) is 6.79 Å². The predicted molar refractivity (Wildman–Crippen MR) is 85.4 cm³/mol. The minimum absolute atomic E-state index is 0.0834. The van der Waals surface area contributed by atoms with Crippen LogP contribution < -0.4 is 14.2 Å². The second kappa shape index (κ2) is 5.51. The van der Waals surface area contributed by atoms with Crippen LogP contribution in [0.5, 0.6) is 11.5 Å². The van der Waals surface area contributed by atoms with Crippen molar-refractivity contribution in [2.24, 2.45) is 0 Å². The second-order valence-corrected chi connectivity index (χ2v) is 8.60. The van der Waals surface area contributed by atoms with E-state index in [4.69, 9.17) is 32.7 Å². The molecule has 1 aromatic heterocycles. The smallest absolute Gasteiger partial charge is 0.265 e. The Morgan fingerprint density at radius 3 is 2.57 bits per heavy atom. The van der Waals surface area contributed by atoms with Crippen molar-refractivity contribution in [2.45, 2.75) is 4.90 Å². The molecular weight excluding hydrogens is 425 g/mol. The first-order valence-corrected chi connectivity index (χ1v) is 9.29. The van der Waals surface area contributed by atoms with Gasteiger partial charge in [0.05, 0.1) is 10.2 Å². The van der Waals surface area contributed by atoms with Gasteiger partial charge in [-0.25, -0.2) is 8.42 Å². The summed E-state index contributed by atoms with van der Waals surface area (Å²) < 4.78 is 38.2. The van der Waals surface area contributed by atoms with E-state index in [0.29, 0.717) is 17.2 Å². The highest BCUT2D eigenvalue weighted by atomic mass is 79.9. The fraction of sp³-hybridized carbons (Fsp3) is 0.0909. The van der Waals surface area contributed by atoms with Gasteiger partial charge in [0.1, 0.15) is 13.6 Å². The standard InChI is InChI=1S/C11H6BrCl2NO4S2/c12-8-9(11(14)20-10(8)13)21(16,17)15-5-1-2-6-7(3-5)19-4-18-6/h1-3,15H,4H2. The van der Waals surface area contributed by atoms with E-state index < -0.39 is 10.0 Å². The lowest BCUT2D eigenvalue weighted by molar-refractivity contribution is 0.174. The van der Waals surface area contributed by atoms with Gasteiger partial charge >= 0.3 is 0 Å². The fourth-order valence-corrected chi connectivity index (χ4v) is 6.34. The Morgan fingerprint density at radius 1 is 1.19 bits per heavy atom. The predicted octanol–water partition coefficient (Wildman–Crippen LogP) is 4.35. The number of sulfonamides is 1. The summed E-state index contributed by atoms with van der Waals surface area (Å²) in [5.41, 5.74) is 0.338. The highest BCUT2D eigenvalue weighted by Gasteiger charge is 2.27. The number of thiophene rings is 1. The molecule has 0 amide bonds. The lowest BCUT2D eigenvalue weighted by atomic mass is 10.3. The Balaban J connectivity index is 1.96. The molecular formula is C11H6BrCl2NO4S2. The highest BCUT2D eigenvalue weighted by Crippen LogP contribution is 2.43. The molecule has 0 saturated heterocycles. The molecule has 5 nitrogen and oxygen atoms in total. The molecule has 0 bridgehead atoms. The van der Waals surface area contributed by atoms with Crippen LogP contribution >= 0.6 is 50.5 Å². The molecule has 0 atom stereocenters. The molecule has 0 saturated carbocycles. The largest absolute Gasteiger partial charge is 0.454 e. The summed E-state index contributed by atoms with van der Waals surface area (Å²) in [6.07, 6.45) is 0. The minimum Gasteiger partial charge on any atom is -0.454 e. The molecule has 112 valence electrons. The van der Waals surface area contributed by atoms with Crippen LogP contribution in [0.3, 0.4) is 0 Å². The molecule has 0 unspecified atom stereocenters. The number of benzene rings is 1. The molecule has 0 fully saturated rings. The van der Waals surface area contributed by atoms with Gasteiger partial charge in [-0.1, -0.05) is 23.2 Å². The first-order chi connectivity index (χ1) is 9.88. The van der Waals surface area contributed by atoms with E-state index in [9.17, 15) is 8.42 Å². The van der Waals surface area contributed by atoms with Gasteiger partial charge in [-0.05, 0) is 28.1 Å². The Labute approximate surface area is 142 Å². The van der Waals surface area contributed by atoms with Crippen molar-refractivity contribution in [1.82, 2.24) is 0 Å². The van der Waals surface area contributed by atoms with E-state index in [-0.39, 0.29) is 24.8 Å². The normalized spacial score (nSPS) is 13.5. The van der Waals surface area contributed by atoms with Gasteiger partial charge < -0.3 is 9.47 Å². The molecule has 0 aliphatic carbocycles. The van der Waals surface area contributed by atoms with Gasteiger partial charge in [0.15, 0.2) is 11.5 Å². The van der Waals surface area contributed by atoms with E-state index >= 15 is 0 Å². The van der Waals surface area contributed by atoms with Gasteiger partial charge in [-0.2, -0.15) is 0 Å². The van der Waals surface area contributed by atoms with Crippen molar-refractivity contribution in [3.8, 4) is 11.5 Å². The molecule has 1 aromatic carbocycles. The minimum atomic E-state index is -3.87. The third-order valence-corrected chi connectivity index (χ3v) is 7.47. The molecule has 10 heteroatoms. The van der Waals surface area contributed by atoms with Gasteiger partial charge in [-0.3, -0.25) is 4.72 Å². The maximum absolute atomic E-state index is 12.4. The Bertz CT molecular complexity index is 822. The molecule has 2 aromatic rings. The van der Waals surface area contributed by atoms with Crippen LogP contribution in [0, 0.1) is 0 Å². The number of halogens is 3. The molecule has 1 aliphatic heterocycles.